The zero-order valence-corrected chi connectivity index (χ0v) is 18.8. The third-order valence-corrected chi connectivity index (χ3v) is 8.12. The number of fused-ring (bicyclic) bond motifs is 1. The van der Waals surface area contributed by atoms with Crippen LogP contribution in [-0.2, 0) is 26.0 Å². The second-order valence-electron chi connectivity index (χ2n) is 7.17. The first-order valence-electron chi connectivity index (χ1n) is 9.95. The van der Waals surface area contributed by atoms with Gasteiger partial charge >= 0.3 is 0 Å². The van der Waals surface area contributed by atoms with Gasteiger partial charge in [-0.25, -0.2) is 12.8 Å². The molecule has 0 N–H and O–H groups in total. The summed E-state index contributed by atoms with van der Waals surface area (Å²) in [6, 6.07) is 7.79. The number of nitrogens with zero attached hydrogens (tertiary/aromatic N) is 2. The number of ether oxygens (including phenoxy) is 1. The summed E-state index contributed by atoms with van der Waals surface area (Å²) in [7, 11) is -1.97. The first-order valence-corrected chi connectivity index (χ1v) is 12.4. The number of carbonyl (C=O) groups is 1. The molecule has 164 valence electrons. The van der Waals surface area contributed by atoms with Crippen molar-refractivity contribution in [3.05, 3.63) is 57.5 Å². The predicted octanol–water partition coefficient (Wildman–Crippen LogP) is 3.05. The molecule has 1 aliphatic heterocycles. The number of rotatable bonds is 9. The van der Waals surface area contributed by atoms with Crippen LogP contribution in [0, 0.1) is 5.82 Å². The standard InChI is InChI=1S/C21H27FN2O4S2/c1-3-30(26,27)23(11-4-13-28-2)15-20(25)24-12-9-19-18(10-14-29-19)21(24)16-5-7-17(22)8-6-16/h5-8,10,14,21H,3-4,9,11-13,15H2,1-2H3. The molecule has 0 aliphatic carbocycles. The maximum Gasteiger partial charge on any atom is 0.238 e. The highest BCUT2D eigenvalue weighted by atomic mass is 32.2. The minimum absolute atomic E-state index is 0.0661. The predicted molar refractivity (Wildman–Crippen MR) is 116 cm³/mol. The quantitative estimate of drug-likeness (QED) is 0.546. The van der Waals surface area contributed by atoms with Gasteiger partial charge in [-0.05, 0) is 54.5 Å². The smallest absolute Gasteiger partial charge is 0.238 e. The average molecular weight is 455 g/mol. The Hall–Kier alpha value is -1.81. The van der Waals surface area contributed by atoms with Crippen LogP contribution in [0.5, 0.6) is 0 Å². The van der Waals surface area contributed by atoms with E-state index in [2.05, 4.69) is 0 Å². The molecule has 9 heteroatoms. The van der Waals surface area contributed by atoms with Crippen LogP contribution in [0.25, 0.3) is 0 Å². The Kier molecular flexibility index (Phi) is 7.62. The number of methoxy groups -OCH3 is 1. The van der Waals surface area contributed by atoms with E-state index in [-0.39, 0.29) is 36.6 Å². The molecule has 3 rings (SSSR count). The van der Waals surface area contributed by atoms with Crippen LogP contribution < -0.4 is 0 Å². The van der Waals surface area contributed by atoms with Crippen LogP contribution in [0.2, 0.25) is 0 Å². The lowest BCUT2D eigenvalue weighted by atomic mass is 9.93. The Balaban J connectivity index is 1.87. The number of hydrogen-bond acceptors (Lipinski definition) is 5. The molecule has 1 atom stereocenters. The van der Waals surface area contributed by atoms with Crippen molar-refractivity contribution in [2.24, 2.45) is 0 Å². The molecule has 2 aromatic rings. The van der Waals surface area contributed by atoms with E-state index >= 15 is 0 Å². The van der Waals surface area contributed by atoms with Gasteiger partial charge in [0.15, 0.2) is 0 Å². The van der Waals surface area contributed by atoms with Gasteiger partial charge in [-0.3, -0.25) is 4.79 Å². The SMILES string of the molecule is CCS(=O)(=O)N(CCCOC)CC(=O)N1CCc2sccc2C1c1ccc(F)cc1. The largest absolute Gasteiger partial charge is 0.385 e. The van der Waals surface area contributed by atoms with Gasteiger partial charge in [0, 0.05) is 31.7 Å². The molecule has 1 unspecified atom stereocenters. The van der Waals surface area contributed by atoms with Gasteiger partial charge in [-0.1, -0.05) is 12.1 Å². The molecule has 0 saturated heterocycles. The van der Waals surface area contributed by atoms with Crippen molar-refractivity contribution in [3.63, 3.8) is 0 Å². The summed E-state index contributed by atoms with van der Waals surface area (Å²) in [5, 5.41) is 1.99. The van der Waals surface area contributed by atoms with Crippen molar-refractivity contribution in [3.8, 4) is 0 Å². The molecule has 0 fully saturated rings. The van der Waals surface area contributed by atoms with Crippen molar-refractivity contribution in [2.75, 3.05) is 39.1 Å². The van der Waals surface area contributed by atoms with E-state index in [0.717, 1.165) is 17.5 Å². The van der Waals surface area contributed by atoms with Crippen molar-refractivity contribution in [1.82, 2.24) is 9.21 Å². The summed E-state index contributed by atoms with van der Waals surface area (Å²) in [6.07, 6.45) is 1.24. The Morgan fingerprint density at radius 1 is 1.30 bits per heavy atom. The number of hydrogen-bond donors (Lipinski definition) is 0. The van der Waals surface area contributed by atoms with Gasteiger partial charge in [0.2, 0.25) is 15.9 Å². The van der Waals surface area contributed by atoms with Gasteiger partial charge < -0.3 is 9.64 Å². The van der Waals surface area contributed by atoms with Crippen LogP contribution in [0.3, 0.4) is 0 Å². The number of sulfonamides is 1. The molecule has 0 bridgehead atoms. The highest BCUT2D eigenvalue weighted by Gasteiger charge is 2.34. The highest BCUT2D eigenvalue weighted by molar-refractivity contribution is 7.89. The van der Waals surface area contributed by atoms with Gasteiger partial charge in [0.05, 0.1) is 18.3 Å². The topological polar surface area (TPSA) is 66.9 Å². The van der Waals surface area contributed by atoms with Crippen molar-refractivity contribution >= 4 is 27.3 Å². The minimum Gasteiger partial charge on any atom is -0.385 e. The van der Waals surface area contributed by atoms with Crippen LogP contribution in [0.1, 0.15) is 35.4 Å². The van der Waals surface area contributed by atoms with Crippen molar-refractivity contribution < 1.29 is 22.3 Å². The van der Waals surface area contributed by atoms with Crippen LogP contribution in [-0.4, -0.2) is 62.6 Å². The summed E-state index contributed by atoms with van der Waals surface area (Å²) in [5.74, 6) is -0.657. The van der Waals surface area contributed by atoms with Crippen molar-refractivity contribution in [2.45, 2.75) is 25.8 Å². The lowest BCUT2D eigenvalue weighted by Crippen LogP contribution is -2.47. The summed E-state index contributed by atoms with van der Waals surface area (Å²) < 4.78 is 44.8. The number of amides is 1. The normalized spacial score (nSPS) is 16.7. The number of halogens is 1. The zero-order chi connectivity index (χ0) is 21.7. The molecule has 0 radical (unpaired) electrons. The van der Waals surface area contributed by atoms with Gasteiger partial charge in [-0.15, -0.1) is 11.3 Å². The maximum atomic E-state index is 13.5. The second kappa shape index (κ2) is 10.00. The van der Waals surface area contributed by atoms with E-state index in [1.54, 1.807) is 42.4 Å². The molecule has 1 aromatic carbocycles. The Labute approximate surface area is 181 Å². The summed E-state index contributed by atoms with van der Waals surface area (Å²) in [6.45, 7) is 2.51. The summed E-state index contributed by atoms with van der Waals surface area (Å²) in [4.78, 5) is 16.2. The first kappa shape index (κ1) is 22.9. The van der Waals surface area contributed by atoms with Crippen LogP contribution >= 0.6 is 11.3 Å². The highest BCUT2D eigenvalue weighted by Crippen LogP contribution is 2.38. The minimum atomic E-state index is -3.53. The fraction of sp³-hybridized carbons (Fsp3) is 0.476. The summed E-state index contributed by atoms with van der Waals surface area (Å²) in [5.41, 5.74) is 1.84. The molecule has 0 saturated carbocycles. The third-order valence-electron chi connectivity index (χ3n) is 5.30. The maximum absolute atomic E-state index is 13.5. The lowest BCUT2D eigenvalue weighted by molar-refractivity contribution is -0.133. The van der Waals surface area contributed by atoms with E-state index in [1.165, 1.54) is 21.3 Å². The fourth-order valence-electron chi connectivity index (χ4n) is 3.72. The Morgan fingerprint density at radius 3 is 2.70 bits per heavy atom. The van der Waals surface area contributed by atoms with Gasteiger partial charge in [-0.2, -0.15) is 4.31 Å². The fourth-order valence-corrected chi connectivity index (χ4v) is 5.70. The van der Waals surface area contributed by atoms with Crippen molar-refractivity contribution in [1.29, 1.82) is 0 Å². The molecule has 1 aliphatic rings. The van der Waals surface area contributed by atoms with Gasteiger partial charge in [0.25, 0.3) is 0 Å². The van der Waals surface area contributed by atoms with E-state index < -0.39 is 10.0 Å². The third kappa shape index (κ3) is 5.08. The molecule has 0 spiro atoms. The molecule has 6 nitrogen and oxygen atoms in total. The van der Waals surface area contributed by atoms with E-state index in [4.69, 9.17) is 4.74 Å². The Morgan fingerprint density at radius 2 is 2.03 bits per heavy atom. The molecule has 1 amide bonds. The molecular formula is C21H27FN2O4S2. The number of carbonyl (C=O) groups excluding carboxylic acids is 1. The lowest BCUT2D eigenvalue weighted by Gasteiger charge is -2.37. The average Bonchev–Trinajstić information content (AvgIpc) is 3.22. The zero-order valence-electron chi connectivity index (χ0n) is 17.2. The number of benzene rings is 1. The van der Waals surface area contributed by atoms with Crippen LogP contribution in [0.15, 0.2) is 35.7 Å². The molecule has 30 heavy (non-hydrogen) atoms. The van der Waals surface area contributed by atoms with Gasteiger partial charge in [0.1, 0.15) is 5.82 Å². The number of thiophene rings is 1. The van der Waals surface area contributed by atoms with E-state index in [9.17, 15) is 17.6 Å². The van der Waals surface area contributed by atoms with E-state index in [1.807, 2.05) is 11.4 Å². The monoisotopic (exact) mass is 454 g/mol. The van der Waals surface area contributed by atoms with E-state index in [0.29, 0.717) is 19.6 Å². The molecular weight excluding hydrogens is 427 g/mol. The second-order valence-corrected chi connectivity index (χ2v) is 10.4. The van der Waals surface area contributed by atoms with Crippen LogP contribution in [0.4, 0.5) is 4.39 Å². The summed E-state index contributed by atoms with van der Waals surface area (Å²) >= 11 is 1.64. The molecule has 2 heterocycles. The molecule has 1 aromatic heterocycles. The Bertz CT molecular complexity index is 960. The first-order chi connectivity index (χ1) is 14.4.